The molecule has 0 unspecified atom stereocenters. The van der Waals surface area contributed by atoms with Gasteiger partial charge in [-0.3, -0.25) is 9.58 Å². The molecule has 0 radical (unpaired) electrons. The highest BCUT2D eigenvalue weighted by Crippen LogP contribution is 2.28. The Kier molecular flexibility index (Phi) is 4.70. The molecule has 2 aromatic rings. The van der Waals surface area contributed by atoms with Crippen molar-refractivity contribution in [2.75, 3.05) is 13.1 Å². The van der Waals surface area contributed by atoms with E-state index in [-0.39, 0.29) is 12.1 Å². The summed E-state index contributed by atoms with van der Waals surface area (Å²) in [5.74, 6) is 0. The average molecular weight is 341 g/mol. The van der Waals surface area contributed by atoms with Gasteiger partial charge >= 0.3 is 12.2 Å². The predicted molar refractivity (Wildman–Crippen MR) is 79.2 cm³/mol. The highest BCUT2D eigenvalue weighted by atomic mass is 19.4. The Balaban J connectivity index is 1.52. The lowest BCUT2D eigenvalue weighted by Gasteiger charge is -2.31. The van der Waals surface area contributed by atoms with E-state index >= 15 is 0 Å². The van der Waals surface area contributed by atoms with Crippen LogP contribution in [0.1, 0.15) is 24.1 Å². The number of halogens is 3. The van der Waals surface area contributed by atoms with Gasteiger partial charge in [-0.15, -0.1) is 0 Å². The Morgan fingerprint density at radius 2 is 2.04 bits per heavy atom. The molecule has 0 bridgehead atoms. The molecule has 1 aliphatic heterocycles. The Labute approximate surface area is 137 Å². The van der Waals surface area contributed by atoms with Crippen molar-refractivity contribution in [3.8, 4) is 6.01 Å². The second-order valence-corrected chi connectivity index (χ2v) is 5.84. The van der Waals surface area contributed by atoms with E-state index < -0.39 is 11.9 Å². The van der Waals surface area contributed by atoms with Gasteiger partial charge in [0.2, 0.25) is 0 Å². The molecule has 0 saturated carbocycles. The van der Waals surface area contributed by atoms with Gasteiger partial charge in [0.05, 0.1) is 6.20 Å². The van der Waals surface area contributed by atoms with Crippen LogP contribution in [-0.2, 0) is 19.8 Å². The minimum absolute atomic E-state index is 0.168. The lowest BCUT2D eigenvalue weighted by molar-refractivity contribution is -0.141. The maximum absolute atomic E-state index is 12.6. The van der Waals surface area contributed by atoms with Crippen molar-refractivity contribution in [2.24, 2.45) is 7.05 Å². The number of likely N-dealkylation sites (tertiary alicyclic amines) is 1. The third-order valence-corrected chi connectivity index (χ3v) is 3.90. The van der Waals surface area contributed by atoms with Crippen molar-refractivity contribution < 1.29 is 17.9 Å². The molecule has 24 heavy (non-hydrogen) atoms. The Hall–Kier alpha value is -2.16. The number of piperidine rings is 1. The van der Waals surface area contributed by atoms with Crippen molar-refractivity contribution in [1.82, 2.24) is 24.6 Å². The average Bonchev–Trinajstić information content (AvgIpc) is 2.94. The van der Waals surface area contributed by atoms with Crippen LogP contribution in [0.25, 0.3) is 0 Å². The third kappa shape index (κ3) is 4.22. The first-order valence-corrected chi connectivity index (χ1v) is 7.67. The van der Waals surface area contributed by atoms with E-state index in [9.17, 15) is 13.2 Å². The van der Waals surface area contributed by atoms with Crippen molar-refractivity contribution in [3.05, 3.63) is 35.9 Å². The van der Waals surface area contributed by atoms with Crippen molar-refractivity contribution in [2.45, 2.75) is 31.7 Å². The number of aryl methyl sites for hydroxylation is 1. The van der Waals surface area contributed by atoms with Crippen LogP contribution in [0.3, 0.4) is 0 Å². The third-order valence-electron chi connectivity index (χ3n) is 3.90. The lowest BCUT2D eigenvalue weighted by Crippen LogP contribution is -2.38. The first-order chi connectivity index (χ1) is 11.4. The molecule has 9 heteroatoms. The summed E-state index contributed by atoms with van der Waals surface area (Å²) >= 11 is 0. The summed E-state index contributed by atoms with van der Waals surface area (Å²) < 4.78 is 45.2. The van der Waals surface area contributed by atoms with Crippen molar-refractivity contribution >= 4 is 0 Å². The molecule has 0 aliphatic carbocycles. The summed E-state index contributed by atoms with van der Waals surface area (Å²) in [5.41, 5.74) is 0.152. The zero-order valence-electron chi connectivity index (χ0n) is 13.2. The van der Waals surface area contributed by atoms with E-state index in [4.69, 9.17) is 4.74 Å². The van der Waals surface area contributed by atoms with Gasteiger partial charge in [-0.2, -0.15) is 23.3 Å². The first-order valence-electron chi connectivity index (χ1n) is 7.67. The number of nitrogens with zero attached hydrogens (tertiary/aromatic N) is 5. The molecule has 0 spiro atoms. The van der Waals surface area contributed by atoms with E-state index in [1.807, 2.05) is 19.4 Å². The highest BCUT2D eigenvalue weighted by molar-refractivity contribution is 5.09. The maximum Gasteiger partial charge on any atom is 0.433 e. The number of rotatable bonds is 4. The summed E-state index contributed by atoms with van der Waals surface area (Å²) in [4.78, 5) is 9.49. The van der Waals surface area contributed by atoms with E-state index in [0.717, 1.165) is 50.3 Å². The monoisotopic (exact) mass is 341 g/mol. The fraction of sp³-hybridized carbons (Fsp3) is 0.533. The van der Waals surface area contributed by atoms with Gasteiger partial charge in [-0.25, -0.2) is 4.98 Å². The molecule has 0 N–H and O–H groups in total. The fourth-order valence-corrected chi connectivity index (χ4v) is 2.70. The molecule has 2 aromatic heterocycles. The molecule has 3 heterocycles. The van der Waals surface area contributed by atoms with Crippen LogP contribution in [0, 0.1) is 0 Å². The normalized spacial score (nSPS) is 17.2. The zero-order valence-corrected chi connectivity index (χ0v) is 13.2. The van der Waals surface area contributed by atoms with Crippen molar-refractivity contribution in [3.63, 3.8) is 0 Å². The fourth-order valence-electron chi connectivity index (χ4n) is 2.70. The van der Waals surface area contributed by atoms with Crippen LogP contribution in [0.15, 0.2) is 24.7 Å². The number of aromatic nitrogens is 4. The highest BCUT2D eigenvalue weighted by Gasteiger charge is 2.33. The van der Waals surface area contributed by atoms with Gasteiger partial charge in [0.25, 0.3) is 0 Å². The largest absolute Gasteiger partial charge is 0.460 e. The standard InChI is InChI=1S/C15H18F3N5O/c1-22-9-11(8-20-22)10-23-6-3-12(4-7-23)24-14-19-5-2-13(21-14)15(16,17)18/h2,5,8-9,12H,3-4,6-7,10H2,1H3. The van der Waals surface area contributed by atoms with Crippen LogP contribution in [0.4, 0.5) is 13.2 Å². The van der Waals surface area contributed by atoms with E-state index in [1.165, 1.54) is 0 Å². The predicted octanol–water partition coefficient (Wildman–Crippen LogP) is 2.27. The summed E-state index contributed by atoms with van der Waals surface area (Å²) in [7, 11) is 1.87. The molecule has 6 nitrogen and oxygen atoms in total. The second kappa shape index (κ2) is 6.76. The van der Waals surface area contributed by atoms with Crippen LogP contribution in [-0.4, -0.2) is 43.8 Å². The van der Waals surface area contributed by atoms with Crippen molar-refractivity contribution in [1.29, 1.82) is 0 Å². The summed E-state index contributed by atoms with van der Waals surface area (Å²) in [6.45, 7) is 2.41. The number of ether oxygens (including phenoxy) is 1. The smallest absolute Gasteiger partial charge is 0.433 e. The molecular formula is C15H18F3N5O. The van der Waals surface area contributed by atoms with Gasteiger partial charge in [0.15, 0.2) is 5.69 Å². The van der Waals surface area contributed by atoms with Gasteiger partial charge in [-0.05, 0) is 18.9 Å². The van der Waals surface area contributed by atoms with Crippen LogP contribution < -0.4 is 4.74 Å². The van der Waals surface area contributed by atoms with E-state index in [2.05, 4.69) is 20.0 Å². The molecule has 0 atom stereocenters. The SMILES string of the molecule is Cn1cc(CN2CCC(Oc3nccc(C(F)(F)F)n3)CC2)cn1. The molecule has 1 saturated heterocycles. The molecule has 0 aromatic carbocycles. The van der Waals surface area contributed by atoms with Gasteiger partial charge in [0.1, 0.15) is 6.10 Å². The molecule has 130 valence electrons. The summed E-state index contributed by atoms with van der Waals surface area (Å²) in [5, 5.41) is 4.14. The Bertz CT molecular complexity index is 680. The molecule has 3 rings (SSSR count). The summed E-state index contributed by atoms with van der Waals surface area (Å²) in [6, 6.07) is 0.624. The minimum Gasteiger partial charge on any atom is -0.460 e. The molecular weight excluding hydrogens is 323 g/mol. The zero-order chi connectivity index (χ0) is 17.2. The molecule has 0 amide bonds. The van der Waals surface area contributed by atoms with Crippen LogP contribution >= 0.6 is 0 Å². The summed E-state index contributed by atoms with van der Waals surface area (Å²) in [6.07, 6.45) is 1.66. The van der Waals surface area contributed by atoms with Gasteiger partial charge < -0.3 is 4.74 Å². The number of hydrogen-bond acceptors (Lipinski definition) is 5. The second-order valence-electron chi connectivity index (χ2n) is 5.84. The Morgan fingerprint density at radius 3 is 2.67 bits per heavy atom. The van der Waals surface area contributed by atoms with E-state index in [1.54, 1.807) is 4.68 Å². The van der Waals surface area contributed by atoms with Crippen LogP contribution in [0.5, 0.6) is 6.01 Å². The van der Waals surface area contributed by atoms with E-state index in [0.29, 0.717) is 0 Å². The Morgan fingerprint density at radius 1 is 1.29 bits per heavy atom. The topological polar surface area (TPSA) is 56.1 Å². The molecule has 1 fully saturated rings. The van der Waals surface area contributed by atoms with Gasteiger partial charge in [-0.1, -0.05) is 0 Å². The van der Waals surface area contributed by atoms with Crippen LogP contribution in [0.2, 0.25) is 0 Å². The lowest BCUT2D eigenvalue weighted by atomic mass is 10.1. The van der Waals surface area contributed by atoms with Gasteiger partial charge in [0, 0.05) is 44.6 Å². The molecule has 1 aliphatic rings. The minimum atomic E-state index is -4.49. The quantitative estimate of drug-likeness (QED) is 0.854. The first kappa shape index (κ1) is 16.7. The number of hydrogen-bond donors (Lipinski definition) is 0. The maximum atomic E-state index is 12.6. The number of alkyl halides is 3.